The van der Waals surface area contributed by atoms with Gasteiger partial charge in [-0.05, 0) is 42.8 Å². The van der Waals surface area contributed by atoms with Crippen molar-refractivity contribution in [1.82, 2.24) is 10.3 Å². The van der Waals surface area contributed by atoms with Gasteiger partial charge in [-0.2, -0.15) is 0 Å². The second kappa shape index (κ2) is 7.46. The lowest BCUT2D eigenvalue weighted by Crippen LogP contribution is -2.27. The molecule has 0 aliphatic rings. The number of nitrogens with zero attached hydrogens (tertiary/aromatic N) is 1. The Labute approximate surface area is 140 Å². The zero-order chi connectivity index (χ0) is 16.8. The normalized spacial score (nSPS) is 11.7. The quantitative estimate of drug-likeness (QED) is 0.751. The first-order chi connectivity index (χ1) is 11.7. The van der Waals surface area contributed by atoms with Crippen molar-refractivity contribution < 1.29 is 13.9 Å². The molecule has 122 valence electrons. The SMILES string of the molecule is CC(NC(=O)c1occc1COc1ccccc1)c1ccncc1. The van der Waals surface area contributed by atoms with E-state index in [1.54, 1.807) is 18.5 Å². The Morgan fingerprint density at radius 1 is 1.17 bits per heavy atom. The van der Waals surface area contributed by atoms with Crippen LogP contribution in [0.1, 0.15) is 34.6 Å². The van der Waals surface area contributed by atoms with Gasteiger partial charge in [-0.3, -0.25) is 9.78 Å². The van der Waals surface area contributed by atoms with Crippen molar-refractivity contribution in [2.45, 2.75) is 19.6 Å². The van der Waals surface area contributed by atoms with Gasteiger partial charge in [0.2, 0.25) is 0 Å². The summed E-state index contributed by atoms with van der Waals surface area (Å²) < 4.78 is 11.0. The van der Waals surface area contributed by atoms with E-state index in [-0.39, 0.29) is 24.3 Å². The zero-order valence-corrected chi connectivity index (χ0v) is 13.3. The van der Waals surface area contributed by atoms with Crippen molar-refractivity contribution in [2.75, 3.05) is 0 Å². The number of amides is 1. The van der Waals surface area contributed by atoms with E-state index in [9.17, 15) is 4.79 Å². The molecule has 0 bridgehead atoms. The number of para-hydroxylation sites is 1. The number of hydrogen-bond acceptors (Lipinski definition) is 4. The summed E-state index contributed by atoms with van der Waals surface area (Å²) >= 11 is 0. The molecule has 1 atom stereocenters. The molecule has 3 rings (SSSR count). The summed E-state index contributed by atoms with van der Waals surface area (Å²) in [4.78, 5) is 16.4. The predicted molar refractivity (Wildman–Crippen MR) is 89.6 cm³/mol. The molecule has 1 aromatic carbocycles. The van der Waals surface area contributed by atoms with Crippen LogP contribution in [0.15, 0.2) is 71.6 Å². The summed E-state index contributed by atoms with van der Waals surface area (Å²) in [7, 11) is 0. The van der Waals surface area contributed by atoms with E-state index in [1.807, 2.05) is 49.4 Å². The van der Waals surface area contributed by atoms with Gasteiger partial charge in [0, 0.05) is 18.0 Å². The first kappa shape index (κ1) is 15.8. The van der Waals surface area contributed by atoms with Crippen LogP contribution in [-0.2, 0) is 6.61 Å². The third-order valence-corrected chi connectivity index (χ3v) is 3.64. The molecule has 24 heavy (non-hydrogen) atoms. The van der Waals surface area contributed by atoms with E-state index >= 15 is 0 Å². The molecule has 1 amide bonds. The van der Waals surface area contributed by atoms with Gasteiger partial charge in [0.25, 0.3) is 5.91 Å². The van der Waals surface area contributed by atoms with Gasteiger partial charge in [0.15, 0.2) is 5.76 Å². The average molecular weight is 322 g/mol. The van der Waals surface area contributed by atoms with Gasteiger partial charge in [-0.15, -0.1) is 0 Å². The molecule has 5 nitrogen and oxygen atoms in total. The topological polar surface area (TPSA) is 64.4 Å². The van der Waals surface area contributed by atoms with Crippen LogP contribution in [0.25, 0.3) is 0 Å². The molecule has 0 radical (unpaired) electrons. The summed E-state index contributed by atoms with van der Waals surface area (Å²) in [6.07, 6.45) is 4.89. The maximum Gasteiger partial charge on any atom is 0.287 e. The molecule has 1 N–H and O–H groups in total. The summed E-state index contributed by atoms with van der Waals surface area (Å²) in [6, 6.07) is 14.8. The van der Waals surface area contributed by atoms with Crippen molar-refractivity contribution >= 4 is 5.91 Å². The third kappa shape index (κ3) is 3.81. The van der Waals surface area contributed by atoms with Crippen LogP contribution >= 0.6 is 0 Å². The number of furan rings is 1. The smallest absolute Gasteiger partial charge is 0.287 e. The fourth-order valence-corrected chi connectivity index (χ4v) is 2.32. The van der Waals surface area contributed by atoms with Gasteiger partial charge >= 0.3 is 0 Å². The molecule has 2 aromatic heterocycles. The van der Waals surface area contributed by atoms with E-state index in [0.717, 1.165) is 11.3 Å². The molecule has 0 aliphatic carbocycles. The molecule has 0 spiro atoms. The number of pyridine rings is 1. The Morgan fingerprint density at radius 3 is 2.67 bits per heavy atom. The average Bonchev–Trinajstić information content (AvgIpc) is 3.10. The van der Waals surface area contributed by atoms with Gasteiger partial charge in [-0.1, -0.05) is 18.2 Å². The Kier molecular flexibility index (Phi) is 4.91. The van der Waals surface area contributed by atoms with Gasteiger partial charge in [-0.25, -0.2) is 0 Å². The van der Waals surface area contributed by atoms with Crippen LogP contribution in [0.4, 0.5) is 0 Å². The minimum atomic E-state index is -0.268. The number of carbonyl (C=O) groups excluding carboxylic acids is 1. The van der Waals surface area contributed by atoms with Gasteiger partial charge in [0.1, 0.15) is 12.4 Å². The monoisotopic (exact) mass is 322 g/mol. The number of benzene rings is 1. The molecule has 0 fully saturated rings. The van der Waals surface area contributed by atoms with Gasteiger partial charge in [0.05, 0.1) is 12.3 Å². The van der Waals surface area contributed by atoms with Crippen molar-refractivity contribution in [1.29, 1.82) is 0 Å². The highest BCUT2D eigenvalue weighted by Gasteiger charge is 2.18. The van der Waals surface area contributed by atoms with Crippen molar-refractivity contribution in [2.24, 2.45) is 0 Å². The first-order valence-corrected chi connectivity index (χ1v) is 7.69. The van der Waals surface area contributed by atoms with E-state index in [4.69, 9.17) is 9.15 Å². The minimum absolute atomic E-state index is 0.145. The third-order valence-electron chi connectivity index (χ3n) is 3.64. The van der Waals surface area contributed by atoms with E-state index in [0.29, 0.717) is 5.56 Å². The maximum absolute atomic E-state index is 12.4. The van der Waals surface area contributed by atoms with E-state index in [2.05, 4.69) is 10.3 Å². The second-order valence-electron chi connectivity index (χ2n) is 5.35. The Hall–Kier alpha value is -3.08. The van der Waals surface area contributed by atoms with Crippen LogP contribution in [0.5, 0.6) is 5.75 Å². The largest absolute Gasteiger partial charge is 0.489 e. The lowest BCUT2D eigenvalue weighted by molar-refractivity contribution is 0.0908. The van der Waals surface area contributed by atoms with Crippen LogP contribution < -0.4 is 10.1 Å². The minimum Gasteiger partial charge on any atom is -0.489 e. The molecule has 0 saturated carbocycles. The van der Waals surface area contributed by atoms with E-state index in [1.165, 1.54) is 6.26 Å². The second-order valence-corrected chi connectivity index (χ2v) is 5.35. The highest BCUT2D eigenvalue weighted by molar-refractivity contribution is 5.93. The summed E-state index contributed by atoms with van der Waals surface area (Å²) in [5.74, 6) is 0.748. The fourth-order valence-electron chi connectivity index (χ4n) is 2.32. The Bertz CT molecular complexity index is 785. The lowest BCUT2D eigenvalue weighted by Gasteiger charge is -2.13. The summed E-state index contributed by atoms with van der Waals surface area (Å²) in [5.41, 5.74) is 1.69. The number of carbonyl (C=O) groups is 1. The number of aromatic nitrogens is 1. The van der Waals surface area contributed by atoms with Crippen LogP contribution in [0.2, 0.25) is 0 Å². The number of ether oxygens (including phenoxy) is 1. The van der Waals surface area contributed by atoms with Crippen LogP contribution in [0, 0.1) is 0 Å². The highest BCUT2D eigenvalue weighted by atomic mass is 16.5. The molecule has 0 saturated heterocycles. The standard InChI is InChI=1S/C19H18N2O3/c1-14(15-7-10-20-11-8-15)21-19(22)18-16(9-12-23-18)13-24-17-5-3-2-4-6-17/h2-12,14H,13H2,1H3,(H,21,22). The van der Waals surface area contributed by atoms with Gasteiger partial charge < -0.3 is 14.5 Å². The summed E-state index contributed by atoms with van der Waals surface area (Å²) in [6.45, 7) is 2.18. The Morgan fingerprint density at radius 2 is 1.92 bits per heavy atom. The molecular weight excluding hydrogens is 304 g/mol. The number of rotatable bonds is 6. The van der Waals surface area contributed by atoms with Crippen molar-refractivity contribution in [3.05, 3.63) is 84.1 Å². The highest BCUT2D eigenvalue weighted by Crippen LogP contribution is 2.17. The number of hydrogen-bond donors (Lipinski definition) is 1. The molecule has 3 aromatic rings. The number of nitrogens with one attached hydrogen (secondary N) is 1. The maximum atomic E-state index is 12.4. The molecule has 2 heterocycles. The van der Waals surface area contributed by atoms with Crippen LogP contribution in [0.3, 0.4) is 0 Å². The van der Waals surface area contributed by atoms with Crippen LogP contribution in [-0.4, -0.2) is 10.9 Å². The molecule has 1 unspecified atom stereocenters. The lowest BCUT2D eigenvalue weighted by atomic mass is 10.1. The summed E-state index contributed by atoms with van der Waals surface area (Å²) in [5, 5.41) is 2.92. The molecule has 5 heteroatoms. The first-order valence-electron chi connectivity index (χ1n) is 7.69. The van der Waals surface area contributed by atoms with E-state index < -0.39 is 0 Å². The molecular formula is C19H18N2O3. The molecule has 0 aliphatic heterocycles. The predicted octanol–water partition coefficient (Wildman–Crippen LogP) is 3.74. The van der Waals surface area contributed by atoms with Crippen molar-refractivity contribution in [3.63, 3.8) is 0 Å². The van der Waals surface area contributed by atoms with Crippen molar-refractivity contribution in [3.8, 4) is 5.75 Å². The fraction of sp³-hybridized carbons (Fsp3) is 0.158. The zero-order valence-electron chi connectivity index (χ0n) is 13.3. The Balaban J connectivity index is 1.65.